The Morgan fingerprint density at radius 3 is 2.82 bits per heavy atom. The van der Waals surface area contributed by atoms with Gasteiger partial charge < -0.3 is 15.5 Å². The number of piperidine rings is 2. The minimum atomic E-state index is -0.0352. The molecule has 4 unspecified atom stereocenters. The molecule has 0 bridgehead atoms. The van der Waals surface area contributed by atoms with E-state index in [-0.39, 0.29) is 29.7 Å². The first-order valence-electron chi connectivity index (χ1n) is 8.83. The molecule has 0 saturated carbocycles. The Morgan fingerprint density at radius 2 is 2.14 bits per heavy atom. The van der Waals surface area contributed by atoms with Gasteiger partial charge in [0.15, 0.2) is 0 Å². The van der Waals surface area contributed by atoms with Crippen LogP contribution in [-0.2, 0) is 9.59 Å². The molecule has 2 saturated heterocycles. The van der Waals surface area contributed by atoms with Gasteiger partial charge in [-0.3, -0.25) is 9.59 Å². The maximum absolute atomic E-state index is 12.5. The van der Waals surface area contributed by atoms with Crippen LogP contribution in [0, 0.1) is 11.8 Å². The molecule has 0 spiro atoms. The molecule has 0 aromatic rings. The third kappa shape index (κ3) is 4.45. The molecule has 0 aliphatic carbocycles. The number of nitrogens with one attached hydrogen (secondary N) is 2. The van der Waals surface area contributed by atoms with Gasteiger partial charge in [0.05, 0.1) is 5.92 Å². The summed E-state index contributed by atoms with van der Waals surface area (Å²) in [6.45, 7) is 8.53. The highest BCUT2D eigenvalue weighted by molar-refractivity contribution is 5.82. The molecule has 0 radical (unpaired) electrons. The van der Waals surface area contributed by atoms with Crippen molar-refractivity contribution in [2.24, 2.45) is 11.8 Å². The van der Waals surface area contributed by atoms with E-state index in [9.17, 15) is 9.59 Å². The van der Waals surface area contributed by atoms with Crippen molar-refractivity contribution < 1.29 is 9.59 Å². The van der Waals surface area contributed by atoms with E-state index in [1.54, 1.807) is 0 Å². The Balaban J connectivity index is 1.85. The molecule has 5 heteroatoms. The van der Waals surface area contributed by atoms with Gasteiger partial charge in [0.25, 0.3) is 0 Å². The third-order valence-electron chi connectivity index (χ3n) is 5.11. The molecular formula is C17H31N3O2. The molecule has 126 valence electrons. The minimum absolute atomic E-state index is 0.0352. The molecule has 2 aliphatic rings. The molecular weight excluding hydrogens is 278 g/mol. The standard InChI is InChI=1S/C17H31N3O2/c1-4-12(2)17(22)20-9-5-6-14(11-20)16(21)19-15-7-8-18-13(3)10-15/h12-15,18H,4-11H2,1-3H3,(H,19,21). The number of rotatable bonds is 4. The number of nitrogens with zero attached hydrogens (tertiary/aromatic N) is 1. The summed E-state index contributed by atoms with van der Waals surface area (Å²) in [6, 6.07) is 0.748. The van der Waals surface area contributed by atoms with Crippen LogP contribution in [0.2, 0.25) is 0 Å². The Kier molecular flexibility index (Phi) is 6.24. The van der Waals surface area contributed by atoms with Crippen LogP contribution in [-0.4, -0.2) is 48.4 Å². The average Bonchev–Trinajstić information content (AvgIpc) is 2.53. The van der Waals surface area contributed by atoms with E-state index in [1.165, 1.54) is 0 Å². The minimum Gasteiger partial charge on any atom is -0.353 e. The normalized spacial score (nSPS) is 30.7. The molecule has 2 N–H and O–H groups in total. The van der Waals surface area contributed by atoms with Gasteiger partial charge in [0, 0.05) is 31.1 Å². The molecule has 2 amide bonds. The van der Waals surface area contributed by atoms with Crippen LogP contribution < -0.4 is 10.6 Å². The molecule has 0 aromatic carbocycles. The number of amides is 2. The number of carbonyl (C=O) groups excluding carboxylic acids is 2. The van der Waals surface area contributed by atoms with Gasteiger partial charge in [-0.05, 0) is 45.6 Å². The summed E-state index contributed by atoms with van der Waals surface area (Å²) in [5.41, 5.74) is 0. The van der Waals surface area contributed by atoms with Gasteiger partial charge in [-0.25, -0.2) is 0 Å². The maximum atomic E-state index is 12.5. The first-order chi connectivity index (χ1) is 10.5. The molecule has 2 fully saturated rings. The molecule has 0 aromatic heterocycles. The van der Waals surface area contributed by atoms with E-state index in [2.05, 4.69) is 17.6 Å². The smallest absolute Gasteiger partial charge is 0.225 e. The second-order valence-corrected chi connectivity index (χ2v) is 7.02. The fourth-order valence-electron chi connectivity index (χ4n) is 3.46. The first kappa shape index (κ1) is 17.3. The van der Waals surface area contributed by atoms with Gasteiger partial charge in [0.2, 0.25) is 11.8 Å². The van der Waals surface area contributed by atoms with E-state index >= 15 is 0 Å². The van der Waals surface area contributed by atoms with Crippen LogP contribution >= 0.6 is 0 Å². The Bertz CT molecular complexity index is 399. The fraction of sp³-hybridized carbons (Fsp3) is 0.882. The van der Waals surface area contributed by atoms with Crippen molar-refractivity contribution in [1.29, 1.82) is 0 Å². The van der Waals surface area contributed by atoms with Crippen LogP contribution in [0.15, 0.2) is 0 Å². The highest BCUT2D eigenvalue weighted by Gasteiger charge is 2.31. The third-order valence-corrected chi connectivity index (χ3v) is 5.11. The van der Waals surface area contributed by atoms with Gasteiger partial charge in [-0.1, -0.05) is 13.8 Å². The van der Waals surface area contributed by atoms with Crippen LogP contribution in [0.4, 0.5) is 0 Å². The number of carbonyl (C=O) groups is 2. The summed E-state index contributed by atoms with van der Waals surface area (Å²) >= 11 is 0. The predicted octanol–water partition coefficient (Wildman–Crippen LogP) is 1.53. The summed E-state index contributed by atoms with van der Waals surface area (Å²) < 4.78 is 0. The van der Waals surface area contributed by atoms with Crippen LogP contribution in [0.25, 0.3) is 0 Å². The van der Waals surface area contributed by atoms with Gasteiger partial charge in [-0.2, -0.15) is 0 Å². The van der Waals surface area contributed by atoms with Crippen molar-refractivity contribution in [2.75, 3.05) is 19.6 Å². The molecule has 5 nitrogen and oxygen atoms in total. The van der Waals surface area contributed by atoms with Crippen LogP contribution in [0.3, 0.4) is 0 Å². The second-order valence-electron chi connectivity index (χ2n) is 7.02. The van der Waals surface area contributed by atoms with Crippen molar-refractivity contribution >= 4 is 11.8 Å². The quantitative estimate of drug-likeness (QED) is 0.828. The zero-order valence-corrected chi connectivity index (χ0v) is 14.2. The van der Waals surface area contributed by atoms with Crippen molar-refractivity contribution in [2.45, 2.75) is 65.0 Å². The number of hydrogen-bond acceptors (Lipinski definition) is 3. The van der Waals surface area contributed by atoms with Crippen molar-refractivity contribution in [3.63, 3.8) is 0 Å². The second kappa shape index (κ2) is 7.95. The zero-order chi connectivity index (χ0) is 16.1. The van der Waals surface area contributed by atoms with Gasteiger partial charge in [-0.15, -0.1) is 0 Å². The van der Waals surface area contributed by atoms with Crippen LogP contribution in [0.5, 0.6) is 0 Å². The van der Waals surface area contributed by atoms with E-state index in [0.29, 0.717) is 12.6 Å². The lowest BCUT2D eigenvalue weighted by Gasteiger charge is -2.35. The number of hydrogen-bond donors (Lipinski definition) is 2. The lowest BCUT2D eigenvalue weighted by molar-refractivity contribution is -0.139. The highest BCUT2D eigenvalue weighted by atomic mass is 16.2. The van der Waals surface area contributed by atoms with Crippen LogP contribution in [0.1, 0.15) is 52.9 Å². The molecule has 2 heterocycles. The summed E-state index contributed by atoms with van der Waals surface area (Å²) in [4.78, 5) is 26.7. The van der Waals surface area contributed by atoms with Crippen molar-refractivity contribution in [1.82, 2.24) is 15.5 Å². The van der Waals surface area contributed by atoms with E-state index in [4.69, 9.17) is 0 Å². The predicted molar refractivity (Wildman–Crippen MR) is 87.4 cm³/mol. The maximum Gasteiger partial charge on any atom is 0.225 e. The summed E-state index contributed by atoms with van der Waals surface area (Å²) in [6.07, 6.45) is 4.69. The van der Waals surface area contributed by atoms with Gasteiger partial charge in [0.1, 0.15) is 0 Å². The summed E-state index contributed by atoms with van der Waals surface area (Å²) in [5, 5.41) is 6.61. The summed E-state index contributed by atoms with van der Waals surface area (Å²) in [7, 11) is 0. The first-order valence-corrected chi connectivity index (χ1v) is 8.83. The SMILES string of the molecule is CCC(C)C(=O)N1CCCC(C(=O)NC2CCNC(C)C2)C1. The topological polar surface area (TPSA) is 61.4 Å². The van der Waals surface area contributed by atoms with E-state index < -0.39 is 0 Å². The number of likely N-dealkylation sites (tertiary alicyclic amines) is 1. The van der Waals surface area contributed by atoms with Gasteiger partial charge >= 0.3 is 0 Å². The summed E-state index contributed by atoms with van der Waals surface area (Å²) in [5.74, 6) is 0.371. The molecule has 2 rings (SSSR count). The van der Waals surface area contributed by atoms with Crippen molar-refractivity contribution in [3.05, 3.63) is 0 Å². The Labute approximate surface area is 134 Å². The lowest BCUT2D eigenvalue weighted by Crippen LogP contribution is -2.51. The fourth-order valence-corrected chi connectivity index (χ4v) is 3.46. The monoisotopic (exact) mass is 309 g/mol. The highest BCUT2D eigenvalue weighted by Crippen LogP contribution is 2.20. The van der Waals surface area contributed by atoms with E-state index in [0.717, 1.165) is 45.2 Å². The van der Waals surface area contributed by atoms with E-state index in [1.807, 2.05) is 18.7 Å². The average molecular weight is 309 g/mol. The Hall–Kier alpha value is -1.10. The zero-order valence-electron chi connectivity index (χ0n) is 14.2. The lowest BCUT2D eigenvalue weighted by atomic mass is 9.94. The Morgan fingerprint density at radius 1 is 1.36 bits per heavy atom. The molecule has 2 aliphatic heterocycles. The molecule has 4 atom stereocenters. The van der Waals surface area contributed by atoms with Crippen molar-refractivity contribution in [3.8, 4) is 0 Å². The molecule has 22 heavy (non-hydrogen) atoms. The largest absolute Gasteiger partial charge is 0.353 e.